The number of nitrogens with one attached hydrogen (secondary N) is 3. The molecule has 1 aliphatic heterocycles. The van der Waals surface area contributed by atoms with E-state index in [0.717, 1.165) is 19.0 Å². The molecule has 0 bridgehead atoms. The first-order valence-electron chi connectivity index (χ1n) is 11.9. The zero-order valence-corrected chi connectivity index (χ0v) is 20.7. The van der Waals surface area contributed by atoms with Gasteiger partial charge in [0.1, 0.15) is 17.7 Å². The highest BCUT2D eigenvalue weighted by Crippen LogP contribution is 2.20. The van der Waals surface area contributed by atoms with Crippen LogP contribution < -0.4 is 10.6 Å². The largest absolute Gasteiger partial charge is 0.349 e. The molecule has 4 rings (SSSR count). The number of imidazole rings is 1. The summed E-state index contributed by atoms with van der Waals surface area (Å²) in [6.45, 7) is 1.99. The van der Waals surface area contributed by atoms with Crippen molar-refractivity contribution in [3.8, 4) is 0 Å². The van der Waals surface area contributed by atoms with Crippen molar-refractivity contribution in [2.75, 3.05) is 31.5 Å². The minimum absolute atomic E-state index is 0.0258. The van der Waals surface area contributed by atoms with Crippen LogP contribution in [-0.4, -0.2) is 64.8 Å². The van der Waals surface area contributed by atoms with Crippen LogP contribution in [0.1, 0.15) is 49.7 Å². The summed E-state index contributed by atoms with van der Waals surface area (Å²) in [5.41, 5.74) is 1.31. The average Bonchev–Trinajstić information content (AvgIpc) is 3.36. The summed E-state index contributed by atoms with van der Waals surface area (Å²) in [4.78, 5) is 46.5. The van der Waals surface area contributed by atoms with Crippen LogP contribution in [0.5, 0.6) is 0 Å². The first-order valence-corrected chi connectivity index (χ1v) is 12.2. The van der Waals surface area contributed by atoms with Crippen molar-refractivity contribution < 1.29 is 23.2 Å². The van der Waals surface area contributed by atoms with Gasteiger partial charge in [-0.3, -0.25) is 19.3 Å². The number of likely N-dealkylation sites (tertiary alicyclic amines) is 1. The number of aromatic amines is 1. The molecule has 2 amide bonds. The zero-order chi connectivity index (χ0) is 26.4. The van der Waals surface area contributed by atoms with E-state index in [9.17, 15) is 23.2 Å². The third-order valence-corrected chi connectivity index (χ3v) is 6.36. The Kier molecular flexibility index (Phi) is 8.62. The maximum absolute atomic E-state index is 13.5. The van der Waals surface area contributed by atoms with E-state index in [1.165, 1.54) is 18.5 Å². The van der Waals surface area contributed by atoms with E-state index < -0.39 is 23.8 Å². The zero-order valence-electron chi connectivity index (χ0n) is 19.9. The summed E-state index contributed by atoms with van der Waals surface area (Å²) in [5, 5.41) is 5.47. The smallest absolute Gasteiger partial charge is 0.276 e. The Morgan fingerprint density at radius 1 is 1.14 bits per heavy atom. The van der Waals surface area contributed by atoms with E-state index >= 15 is 0 Å². The third-order valence-electron chi connectivity index (χ3n) is 6.05. The van der Waals surface area contributed by atoms with Crippen LogP contribution in [-0.2, 0) is 6.42 Å². The molecule has 11 heteroatoms. The van der Waals surface area contributed by atoms with Crippen molar-refractivity contribution in [3.63, 3.8) is 0 Å². The highest BCUT2D eigenvalue weighted by atomic mass is 35.5. The third kappa shape index (κ3) is 6.99. The van der Waals surface area contributed by atoms with E-state index in [1.54, 1.807) is 24.3 Å². The number of anilines is 1. The molecule has 1 aromatic heterocycles. The number of carbonyl (C=O) groups excluding carboxylic acids is 3. The highest BCUT2D eigenvalue weighted by molar-refractivity contribution is 6.34. The Bertz CT molecular complexity index is 1280. The van der Waals surface area contributed by atoms with Gasteiger partial charge >= 0.3 is 0 Å². The van der Waals surface area contributed by atoms with Gasteiger partial charge in [-0.25, -0.2) is 13.8 Å². The summed E-state index contributed by atoms with van der Waals surface area (Å²) in [6.07, 6.45) is 1.83. The lowest BCUT2D eigenvalue weighted by Crippen LogP contribution is -2.41. The van der Waals surface area contributed by atoms with Crippen LogP contribution in [0.3, 0.4) is 0 Å². The Labute approximate surface area is 217 Å². The van der Waals surface area contributed by atoms with Crippen LogP contribution >= 0.6 is 11.6 Å². The number of amides is 2. The van der Waals surface area contributed by atoms with E-state index in [0.29, 0.717) is 37.3 Å². The molecule has 1 atom stereocenters. The van der Waals surface area contributed by atoms with Crippen LogP contribution in [0.15, 0.2) is 48.8 Å². The second-order valence-corrected chi connectivity index (χ2v) is 9.20. The average molecular weight is 530 g/mol. The predicted octanol–water partition coefficient (Wildman–Crippen LogP) is 4.04. The predicted molar refractivity (Wildman–Crippen MR) is 135 cm³/mol. The van der Waals surface area contributed by atoms with Gasteiger partial charge in [-0.2, -0.15) is 0 Å². The fourth-order valence-electron chi connectivity index (χ4n) is 4.15. The number of hydrogen-bond donors (Lipinski definition) is 3. The lowest BCUT2D eigenvalue weighted by Gasteiger charge is -2.28. The van der Waals surface area contributed by atoms with Gasteiger partial charge in [-0.15, -0.1) is 0 Å². The molecule has 1 aliphatic rings. The van der Waals surface area contributed by atoms with Gasteiger partial charge in [0.2, 0.25) is 0 Å². The van der Waals surface area contributed by atoms with E-state index in [4.69, 9.17) is 11.6 Å². The normalized spacial score (nSPS) is 15.8. The molecule has 0 aliphatic carbocycles. The van der Waals surface area contributed by atoms with Crippen LogP contribution in [0.4, 0.5) is 14.5 Å². The molecule has 3 N–H and O–H groups in total. The molecular formula is C26H26ClF2N5O3. The minimum atomic E-state index is -0.838. The molecule has 1 saturated heterocycles. The lowest BCUT2D eigenvalue weighted by molar-refractivity contribution is 0.0921. The molecule has 1 fully saturated rings. The number of alkyl halides is 1. The monoisotopic (exact) mass is 529 g/mol. The number of ketones is 1. The second kappa shape index (κ2) is 12.1. The standard InChI is InChI=1S/C26H26ClF2N5O3/c27-21-13-17(28)5-8-20(21)22(35)12-16-3-6-19(7-4-16)33-26(37)24-23(31-15-32-24)25(36)30-9-11-34-10-1-2-18(29)14-34/h3-8,13,15,18H,1-2,9-12,14H2,(H,30,36)(H,31,32)(H,33,37). The van der Waals surface area contributed by atoms with Crippen molar-refractivity contribution >= 4 is 34.9 Å². The highest BCUT2D eigenvalue weighted by Gasteiger charge is 2.22. The number of piperidine rings is 1. The summed E-state index contributed by atoms with van der Waals surface area (Å²) < 4.78 is 26.7. The summed E-state index contributed by atoms with van der Waals surface area (Å²) in [7, 11) is 0. The number of Topliss-reactive ketones (excluding diaryl/α,β-unsaturated/α-hetero) is 1. The summed E-state index contributed by atoms with van der Waals surface area (Å²) >= 11 is 5.96. The number of hydrogen-bond acceptors (Lipinski definition) is 5. The first kappa shape index (κ1) is 26.4. The molecule has 0 saturated carbocycles. The molecule has 3 aromatic rings. The number of nitrogens with zero attached hydrogens (tertiary/aromatic N) is 2. The Morgan fingerprint density at radius 3 is 2.65 bits per heavy atom. The van der Waals surface area contributed by atoms with E-state index in [-0.39, 0.29) is 34.2 Å². The molecule has 0 spiro atoms. The van der Waals surface area contributed by atoms with Crippen LogP contribution in [0.25, 0.3) is 0 Å². The lowest BCUT2D eigenvalue weighted by atomic mass is 10.0. The van der Waals surface area contributed by atoms with E-state index in [1.807, 2.05) is 4.90 Å². The molecule has 8 nitrogen and oxygen atoms in total. The number of halogens is 3. The number of H-pyrrole nitrogens is 1. The Balaban J connectivity index is 1.31. The molecule has 2 heterocycles. The fourth-order valence-corrected chi connectivity index (χ4v) is 4.42. The van der Waals surface area contributed by atoms with Crippen LogP contribution in [0.2, 0.25) is 5.02 Å². The van der Waals surface area contributed by atoms with Crippen molar-refractivity contribution in [2.24, 2.45) is 0 Å². The Morgan fingerprint density at radius 2 is 1.92 bits per heavy atom. The van der Waals surface area contributed by atoms with Crippen molar-refractivity contribution in [1.29, 1.82) is 0 Å². The number of aromatic nitrogens is 2. The van der Waals surface area contributed by atoms with Crippen LogP contribution in [0, 0.1) is 5.82 Å². The number of rotatable bonds is 9. The first-order chi connectivity index (χ1) is 17.8. The number of benzene rings is 2. The SMILES string of the molecule is O=C(Cc1ccc(NC(=O)c2nc[nH]c2C(=O)NCCN2CCCC(F)C2)cc1)c1ccc(F)cc1Cl. The van der Waals surface area contributed by atoms with Gasteiger partial charge in [-0.05, 0) is 55.3 Å². The summed E-state index contributed by atoms with van der Waals surface area (Å²) in [5.74, 6) is -1.85. The van der Waals surface area contributed by atoms with Crippen molar-refractivity contribution in [3.05, 3.63) is 82.1 Å². The molecule has 0 radical (unpaired) electrons. The van der Waals surface area contributed by atoms with E-state index in [2.05, 4.69) is 20.6 Å². The molecule has 1 unspecified atom stereocenters. The molecule has 37 heavy (non-hydrogen) atoms. The van der Waals surface area contributed by atoms with Gasteiger partial charge in [0.15, 0.2) is 11.5 Å². The maximum atomic E-state index is 13.5. The van der Waals surface area contributed by atoms with Gasteiger partial charge in [-0.1, -0.05) is 23.7 Å². The van der Waals surface area contributed by atoms with Gasteiger partial charge in [0.25, 0.3) is 11.8 Å². The number of carbonyl (C=O) groups is 3. The maximum Gasteiger partial charge on any atom is 0.276 e. The van der Waals surface area contributed by atoms with Crippen molar-refractivity contribution in [1.82, 2.24) is 20.2 Å². The Hall–Kier alpha value is -3.63. The topological polar surface area (TPSA) is 107 Å². The van der Waals surface area contributed by atoms with Gasteiger partial charge in [0.05, 0.1) is 11.3 Å². The minimum Gasteiger partial charge on any atom is -0.349 e. The quantitative estimate of drug-likeness (QED) is 0.363. The summed E-state index contributed by atoms with van der Waals surface area (Å²) in [6, 6.07) is 10.2. The molecule has 2 aromatic carbocycles. The molecule has 194 valence electrons. The fraction of sp³-hybridized carbons (Fsp3) is 0.308. The van der Waals surface area contributed by atoms with Gasteiger partial charge in [0, 0.05) is 37.3 Å². The van der Waals surface area contributed by atoms with Gasteiger partial charge < -0.3 is 15.6 Å². The van der Waals surface area contributed by atoms with Crippen molar-refractivity contribution in [2.45, 2.75) is 25.4 Å². The second-order valence-electron chi connectivity index (χ2n) is 8.80. The molecular weight excluding hydrogens is 504 g/mol.